The van der Waals surface area contributed by atoms with Gasteiger partial charge in [-0.05, 0) is 13.3 Å². The first-order chi connectivity index (χ1) is 11.2. The number of sulfone groups is 1. The zero-order valence-electron chi connectivity index (χ0n) is 14.3. The summed E-state index contributed by atoms with van der Waals surface area (Å²) in [5.41, 5.74) is 0. The van der Waals surface area contributed by atoms with Crippen LogP contribution in [0.5, 0.6) is 0 Å². The summed E-state index contributed by atoms with van der Waals surface area (Å²) < 4.78 is 27.5. The second-order valence-corrected chi connectivity index (χ2v) is 8.53. The molecule has 0 saturated carbocycles. The standard InChI is InChI=1S/C15H27NO6S2/c1-5-12(13(15(18)19)11(3)22-4)14(17)16-7-8-23-9-10-24(20,21)6-2/h6,11-13H,2,5,7-10H2,1,3-4H3,(H,16,17)(H,18,19)/p-1. The Morgan fingerprint density at radius 1 is 1.38 bits per heavy atom. The van der Waals surface area contributed by atoms with E-state index in [4.69, 9.17) is 4.74 Å². The lowest BCUT2D eigenvalue weighted by Crippen LogP contribution is -2.48. The van der Waals surface area contributed by atoms with Crippen LogP contribution in [0.2, 0.25) is 0 Å². The van der Waals surface area contributed by atoms with E-state index in [2.05, 4.69) is 11.9 Å². The Morgan fingerprint density at radius 3 is 2.46 bits per heavy atom. The highest BCUT2D eigenvalue weighted by Gasteiger charge is 2.32. The summed E-state index contributed by atoms with van der Waals surface area (Å²) >= 11 is 1.39. The summed E-state index contributed by atoms with van der Waals surface area (Å²) in [7, 11) is -1.82. The number of amides is 1. The Labute approximate surface area is 148 Å². The van der Waals surface area contributed by atoms with Gasteiger partial charge in [0.05, 0.1) is 11.9 Å². The minimum Gasteiger partial charge on any atom is -0.550 e. The Morgan fingerprint density at radius 2 is 2.00 bits per heavy atom. The lowest BCUT2D eigenvalue weighted by Gasteiger charge is -2.30. The molecule has 0 spiro atoms. The zero-order valence-corrected chi connectivity index (χ0v) is 16.0. The van der Waals surface area contributed by atoms with Crippen LogP contribution < -0.4 is 10.4 Å². The third kappa shape index (κ3) is 8.16. The third-order valence-electron chi connectivity index (χ3n) is 3.67. The number of carbonyl (C=O) groups is 2. The maximum atomic E-state index is 12.2. The van der Waals surface area contributed by atoms with E-state index in [9.17, 15) is 23.1 Å². The van der Waals surface area contributed by atoms with Crippen LogP contribution in [0, 0.1) is 11.8 Å². The Bertz CT molecular complexity index is 520. The van der Waals surface area contributed by atoms with E-state index in [0.29, 0.717) is 24.5 Å². The van der Waals surface area contributed by atoms with Gasteiger partial charge in [-0.25, -0.2) is 8.42 Å². The third-order valence-corrected chi connectivity index (χ3v) is 6.20. The molecule has 0 aromatic heterocycles. The van der Waals surface area contributed by atoms with E-state index >= 15 is 0 Å². The minimum atomic E-state index is -3.20. The van der Waals surface area contributed by atoms with Crippen LogP contribution in [0.4, 0.5) is 0 Å². The number of thioether (sulfide) groups is 1. The summed E-state index contributed by atoms with van der Waals surface area (Å²) in [6.07, 6.45) is -0.285. The molecule has 3 unspecified atom stereocenters. The molecule has 0 aliphatic heterocycles. The number of ether oxygens (including phenoxy) is 1. The largest absolute Gasteiger partial charge is 0.550 e. The summed E-state index contributed by atoms with van der Waals surface area (Å²) in [6, 6.07) is 0. The number of carboxylic acids is 1. The Hall–Kier alpha value is -1.06. The SMILES string of the molecule is C=CS(=O)(=O)CCSCCNC(=O)C(CC)C(C(=O)[O-])C(C)OC. The van der Waals surface area contributed by atoms with Gasteiger partial charge in [0, 0.05) is 48.4 Å². The summed E-state index contributed by atoms with van der Waals surface area (Å²) in [5, 5.41) is 14.9. The number of rotatable bonds is 13. The van der Waals surface area contributed by atoms with Crippen molar-refractivity contribution in [3.05, 3.63) is 12.0 Å². The van der Waals surface area contributed by atoms with Gasteiger partial charge in [-0.1, -0.05) is 13.5 Å². The maximum Gasteiger partial charge on any atom is 0.223 e. The normalized spacial score (nSPS) is 15.3. The van der Waals surface area contributed by atoms with Crippen molar-refractivity contribution in [3.8, 4) is 0 Å². The van der Waals surface area contributed by atoms with Gasteiger partial charge in [-0.3, -0.25) is 4.79 Å². The van der Waals surface area contributed by atoms with E-state index in [1.54, 1.807) is 13.8 Å². The topological polar surface area (TPSA) is 113 Å². The molecule has 0 aliphatic rings. The van der Waals surface area contributed by atoms with E-state index in [-0.39, 0.29) is 11.7 Å². The number of carboxylic acid groups (broad SMARTS) is 1. The minimum absolute atomic E-state index is 0.00477. The zero-order chi connectivity index (χ0) is 18.8. The van der Waals surface area contributed by atoms with E-state index in [0.717, 1.165) is 5.41 Å². The lowest BCUT2D eigenvalue weighted by molar-refractivity contribution is -0.316. The fraction of sp³-hybridized carbons (Fsp3) is 0.733. The molecule has 0 radical (unpaired) electrons. The first-order valence-electron chi connectivity index (χ1n) is 7.64. The van der Waals surface area contributed by atoms with E-state index < -0.39 is 33.7 Å². The van der Waals surface area contributed by atoms with Gasteiger partial charge < -0.3 is 20.0 Å². The molecule has 140 valence electrons. The van der Waals surface area contributed by atoms with Gasteiger partial charge in [-0.2, -0.15) is 11.8 Å². The molecule has 0 fully saturated rings. The molecule has 0 aromatic rings. The van der Waals surface area contributed by atoms with Crippen LogP contribution in [-0.4, -0.2) is 57.3 Å². The second kappa shape index (κ2) is 11.5. The molecular formula is C15H26NO6S2-. The molecule has 0 rings (SSSR count). The van der Waals surface area contributed by atoms with Crippen LogP contribution in [0.1, 0.15) is 20.3 Å². The molecule has 1 amide bonds. The van der Waals surface area contributed by atoms with E-state index in [1.807, 2.05) is 0 Å². The van der Waals surface area contributed by atoms with Crippen molar-refractivity contribution in [1.82, 2.24) is 5.32 Å². The molecule has 1 N–H and O–H groups in total. The molecule has 24 heavy (non-hydrogen) atoms. The molecule has 0 heterocycles. The number of carbonyl (C=O) groups excluding carboxylic acids is 2. The van der Waals surface area contributed by atoms with Crippen molar-refractivity contribution >= 4 is 33.5 Å². The number of methoxy groups -OCH3 is 1. The average Bonchev–Trinajstić information content (AvgIpc) is 2.54. The quantitative estimate of drug-likeness (QED) is 0.441. The predicted octanol–water partition coefficient (Wildman–Crippen LogP) is -0.179. The molecular weight excluding hydrogens is 354 g/mol. The van der Waals surface area contributed by atoms with Crippen molar-refractivity contribution in [2.45, 2.75) is 26.4 Å². The lowest BCUT2D eigenvalue weighted by atomic mass is 9.85. The molecule has 7 nitrogen and oxygen atoms in total. The van der Waals surface area contributed by atoms with Crippen molar-refractivity contribution in [1.29, 1.82) is 0 Å². The molecule has 0 aliphatic carbocycles. The van der Waals surface area contributed by atoms with Gasteiger partial charge in [0.2, 0.25) is 5.91 Å². The smallest absolute Gasteiger partial charge is 0.223 e. The van der Waals surface area contributed by atoms with E-state index in [1.165, 1.54) is 18.9 Å². The molecule has 0 aromatic carbocycles. The van der Waals surface area contributed by atoms with Gasteiger partial charge in [0.25, 0.3) is 0 Å². The molecule has 9 heteroatoms. The number of hydrogen-bond acceptors (Lipinski definition) is 7. The summed E-state index contributed by atoms with van der Waals surface area (Å²) in [6.45, 7) is 6.89. The average molecular weight is 381 g/mol. The summed E-state index contributed by atoms with van der Waals surface area (Å²) in [4.78, 5) is 23.5. The summed E-state index contributed by atoms with van der Waals surface area (Å²) in [5.74, 6) is -2.49. The van der Waals surface area contributed by atoms with Crippen molar-refractivity contribution in [2.24, 2.45) is 11.8 Å². The Kier molecular flexibility index (Phi) is 11.0. The fourth-order valence-electron chi connectivity index (χ4n) is 2.17. The van der Waals surface area contributed by atoms with Gasteiger partial charge in [0.15, 0.2) is 9.84 Å². The van der Waals surface area contributed by atoms with Crippen LogP contribution in [0.15, 0.2) is 12.0 Å². The van der Waals surface area contributed by atoms with Crippen LogP contribution in [0.25, 0.3) is 0 Å². The molecule has 0 bridgehead atoms. The number of nitrogens with one attached hydrogen (secondary N) is 1. The predicted molar refractivity (Wildman–Crippen MR) is 93.1 cm³/mol. The van der Waals surface area contributed by atoms with Crippen LogP contribution in [0.3, 0.4) is 0 Å². The molecule has 0 saturated heterocycles. The number of aliphatic carboxylic acids is 1. The highest BCUT2D eigenvalue weighted by Crippen LogP contribution is 2.21. The van der Waals surface area contributed by atoms with Crippen LogP contribution in [-0.2, 0) is 24.2 Å². The highest BCUT2D eigenvalue weighted by atomic mass is 32.2. The number of hydrogen-bond donors (Lipinski definition) is 1. The second-order valence-electron chi connectivity index (χ2n) is 5.24. The maximum absolute atomic E-state index is 12.2. The Balaban J connectivity index is 4.37. The highest BCUT2D eigenvalue weighted by molar-refractivity contribution is 8.01. The van der Waals surface area contributed by atoms with Gasteiger partial charge in [-0.15, -0.1) is 0 Å². The fourth-order valence-corrected chi connectivity index (χ4v) is 4.19. The van der Waals surface area contributed by atoms with Crippen LogP contribution >= 0.6 is 11.8 Å². The molecule has 3 atom stereocenters. The van der Waals surface area contributed by atoms with Crippen molar-refractivity contribution in [3.63, 3.8) is 0 Å². The van der Waals surface area contributed by atoms with Crippen molar-refractivity contribution < 1.29 is 27.9 Å². The first kappa shape index (κ1) is 22.9. The van der Waals surface area contributed by atoms with Gasteiger partial charge >= 0.3 is 0 Å². The van der Waals surface area contributed by atoms with Gasteiger partial charge in [0.1, 0.15) is 0 Å². The monoisotopic (exact) mass is 380 g/mol. The first-order valence-corrected chi connectivity index (χ1v) is 10.5. The van der Waals surface area contributed by atoms with Crippen molar-refractivity contribution in [2.75, 3.05) is 30.9 Å².